The average Bonchev–Trinajstić information content (AvgIpc) is 2.96. The summed E-state index contributed by atoms with van der Waals surface area (Å²) >= 11 is 0. The van der Waals surface area contributed by atoms with Gasteiger partial charge in [-0.05, 0) is 25.3 Å². The Morgan fingerprint density at radius 1 is 1.39 bits per heavy atom. The zero-order valence-corrected chi connectivity index (χ0v) is 11.1. The molecule has 1 fully saturated rings. The second-order valence-electron chi connectivity index (χ2n) is 5.50. The molecule has 2 heterocycles. The molecule has 0 radical (unpaired) electrons. The number of hydrogen-bond donors (Lipinski definition) is 1. The molecule has 96 valence electrons. The lowest BCUT2D eigenvalue weighted by Crippen LogP contribution is -2.31. The molecule has 4 nitrogen and oxygen atoms in total. The molecule has 18 heavy (non-hydrogen) atoms. The fourth-order valence-electron chi connectivity index (χ4n) is 3.30. The van der Waals surface area contributed by atoms with E-state index in [1.54, 1.807) is 0 Å². The lowest BCUT2D eigenvalue weighted by atomic mass is 9.79. The molecule has 0 spiro atoms. The van der Waals surface area contributed by atoms with Gasteiger partial charge in [0.2, 0.25) is 0 Å². The second-order valence-corrected chi connectivity index (χ2v) is 5.50. The minimum atomic E-state index is 0.151. The molecule has 4 heteroatoms. The predicted octanol–water partition coefficient (Wildman–Crippen LogP) is 2.05. The first-order valence-corrected chi connectivity index (χ1v) is 6.65. The molecule has 2 aromatic heterocycles. The molecular formula is C14H20N4. The fraction of sp³-hybridized carbons (Fsp3) is 0.571. The van der Waals surface area contributed by atoms with E-state index in [-0.39, 0.29) is 5.41 Å². The molecule has 2 aromatic rings. The summed E-state index contributed by atoms with van der Waals surface area (Å²) in [4.78, 5) is 8.90. The number of hydrogen-bond acceptors (Lipinski definition) is 3. The Bertz CT molecular complexity index is 579. The van der Waals surface area contributed by atoms with E-state index in [0.29, 0.717) is 0 Å². The number of aromatic nitrogens is 3. The smallest absolute Gasteiger partial charge is 0.143 e. The number of nitrogens with zero attached hydrogens (tertiary/aromatic N) is 3. The Balaban J connectivity index is 2.23. The molecule has 0 unspecified atom stereocenters. The van der Waals surface area contributed by atoms with Gasteiger partial charge in [-0.2, -0.15) is 0 Å². The summed E-state index contributed by atoms with van der Waals surface area (Å²) in [6, 6.07) is 0. The monoisotopic (exact) mass is 244 g/mol. The van der Waals surface area contributed by atoms with Gasteiger partial charge in [-0.15, -0.1) is 0 Å². The first-order chi connectivity index (χ1) is 8.66. The van der Waals surface area contributed by atoms with Crippen LogP contribution in [0.15, 0.2) is 12.4 Å². The van der Waals surface area contributed by atoms with Gasteiger partial charge < -0.3 is 10.3 Å². The predicted molar refractivity (Wildman–Crippen MR) is 72.4 cm³/mol. The summed E-state index contributed by atoms with van der Waals surface area (Å²) < 4.78 is 2.11. The van der Waals surface area contributed by atoms with Gasteiger partial charge in [-0.1, -0.05) is 12.8 Å². The number of nitrogens with two attached hydrogens (primary N) is 1. The van der Waals surface area contributed by atoms with Crippen LogP contribution in [0.2, 0.25) is 0 Å². The van der Waals surface area contributed by atoms with Crippen LogP contribution in [-0.2, 0) is 12.5 Å². The van der Waals surface area contributed by atoms with Crippen molar-refractivity contribution in [3.63, 3.8) is 0 Å². The van der Waals surface area contributed by atoms with Gasteiger partial charge in [0.1, 0.15) is 11.5 Å². The molecule has 0 atom stereocenters. The number of fused-ring (bicyclic) bond motifs is 1. The average molecular weight is 244 g/mol. The van der Waals surface area contributed by atoms with Crippen LogP contribution in [0.3, 0.4) is 0 Å². The summed E-state index contributed by atoms with van der Waals surface area (Å²) in [5, 5.41) is 1.18. The van der Waals surface area contributed by atoms with Crippen molar-refractivity contribution >= 4 is 11.0 Å². The summed E-state index contributed by atoms with van der Waals surface area (Å²) in [6.45, 7) is 2.65. The highest BCUT2D eigenvalue weighted by Gasteiger charge is 2.36. The first-order valence-electron chi connectivity index (χ1n) is 6.65. The maximum Gasteiger partial charge on any atom is 0.143 e. The molecule has 2 N–H and O–H groups in total. The van der Waals surface area contributed by atoms with E-state index in [1.165, 1.54) is 36.6 Å². The Labute approximate surface area is 107 Å². The molecule has 0 bridgehead atoms. The summed E-state index contributed by atoms with van der Waals surface area (Å²) in [5.74, 6) is 0.823. The van der Waals surface area contributed by atoms with E-state index < -0.39 is 0 Å². The van der Waals surface area contributed by atoms with Gasteiger partial charge in [0, 0.05) is 36.8 Å². The van der Waals surface area contributed by atoms with Crippen molar-refractivity contribution in [3.8, 4) is 0 Å². The molecule has 1 saturated carbocycles. The summed E-state index contributed by atoms with van der Waals surface area (Å²) in [6.07, 6.45) is 9.10. The van der Waals surface area contributed by atoms with Gasteiger partial charge in [-0.3, -0.25) is 0 Å². The van der Waals surface area contributed by atoms with Crippen molar-refractivity contribution in [2.75, 3.05) is 6.54 Å². The van der Waals surface area contributed by atoms with Gasteiger partial charge in [0.05, 0.1) is 0 Å². The standard InChI is InChI=1S/C14H20N4/c1-10-16-7-11-12(8-18(2)13(11)17-10)14(9-15)5-3-4-6-14/h7-8H,3-6,9,15H2,1-2H3. The van der Waals surface area contributed by atoms with Crippen molar-refractivity contribution in [3.05, 3.63) is 23.8 Å². The Hall–Kier alpha value is -1.42. The summed E-state index contributed by atoms with van der Waals surface area (Å²) in [5.41, 5.74) is 8.60. The lowest BCUT2D eigenvalue weighted by Gasteiger charge is -2.26. The Morgan fingerprint density at radius 2 is 2.11 bits per heavy atom. The minimum absolute atomic E-state index is 0.151. The lowest BCUT2D eigenvalue weighted by molar-refractivity contribution is 0.456. The largest absolute Gasteiger partial charge is 0.335 e. The Morgan fingerprint density at radius 3 is 2.78 bits per heavy atom. The third-order valence-corrected chi connectivity index (χ3v) is 4.36. The van der Waals surface area contributed by atoms with Crippen molar-refractivity contribution < 1.29 is 0 Å². The quantitative estimate of drug-likeness (QED) is 0.879. The molecule has 0 aliphatic heterocycles. The highest BCUT2D eigenvalue weighted by Crippen LogP contribution is 2.43. The first kappa shape index (κ1) is 11.7. The zero-order chi connectivity index (χ0) is 12.8. The molecule has 1 aliphatic rings. The van der Waals surface area contributed by atoms with Crippen LogP contribution < -0.4 is 5.73 Å². The van der Waals surface area contributed by atoms with Gasteiger partial charge >= 0.3 is 0 Å². The van der Waals surface area contributed by atoms with Crippen molar-refractivity contribution in [1.82, 2.24) is 14.5 Å². The van der Waals surface area contributed by atoms with Crippen molar-refractivity contribution in [2.45, 2.75) is 38.0 Å². The van der Waals surface area contributed by atoms with Crippen LogP contribution in [-0.4, -0.2) is 21.1 Å². The third kappa shape index (κ3) is 1.56. The van der Waals surface area contributed by atoms with Crippen LogP contribution in [0.1, 0.15) is 37.1 Å². The highest BCUT2D eigenvalue weighted by molar-refractivity contribution is 5.81. The molecule has 0 saturated heterocycles. The van der Waals surface area contributed by atoms with Crippen LogP contribution in [0.5, 0.6) is 0 Å². The van der Waals surface area contributed by atoms with Gasteiger partial charge in [0.25, 0.3) is 0 Å². The SMILES string of the molecule is Cc1ncc2c(C3(CN)CCCC3)cn(C)c2n1. The van der Waals surface area contributed by atoms with Crippen molar-refractivity contribution in [2.24, 2.45) is 12.8 Å². The van der Waals surface area contributed by atoms with E-state index in [9.17, 15) is 0 Å². The van der Waals surface area contributed by atoms with E-state index in [0.717, 1.165) is 18.0 Å². The Kier molecular flexibility index (Phi) is 2.63. The molecular weight excluding hydrogens is 224 g/mol. The molecule has 0 amide bonds. The minimum Gasteiger partial charge on any atom is -0.335 e. The number of rotatable bonds is 2. The third-order valence-electron chi connectivity index (χ3n) is 4.36. The normalized spacial score (nSPS) is 18.6. The molecule has 3 rings (SSSR count). The number of aryl methyl sites for hydroxylation is 2. The molecule has 0 aromatic carbocycles. The van der Waals surface area contributed by atoms with Gasteiger partial charge in [0.15, 0.2) is 0 Å². The van der Waals surface area contributed by atoms with Gasteiger partial charge in [-0.25, -0.2) is 9.97 Å². The molecule has 1 aliphatic carbocycles. The van der Waals surface area contributed by atoms with Crippen LogP contribution >= 0.6 is 0 Å². The second kappa shape index (κ2) is 4.05. The maximum absolute atomic E-state index is 6.08. The van der Waals surface area contributed by atoms with Crippen LogP contribution in [0, 0.1) is 6.92 Å². The van der Waals surface area contributed by atoms with Crippen LogP contribution in [0.4, 0.5) is 0 Å². The van der Waals surface area contributed by atoms with Crippen LogP contribution in [0.25, 0.3) is 11.0 Å². The van der Waals surface area contributed by atoms with E-state index in [4.69, 9.17) is 5.73 Å². The van der Waals surface area contributed by atoms with Crippen molar-refractivity contribution in [1.29, 1.82) is 0 Å². The van der Waals surface area contributed by atoms with E-state index >= 15 is 0 Å². The fourth-order valence-corrected chi connectivity index (χ4v) is 3.30. The zero-order valence-electron chi connectivity index (χ0n) is 11.1. The highest BCUT2D eigenvalue weighted by atomic mass is 15.0. The maximum atomic E-state index is 6.08. The van der Waals surface area contributed by atoms with E-state index in [2.05, 4.69) is 27.8 Å². The topological polar surface area (TPSA) is 56.7 Å². The van der Waals surface area contributed by atoms with E-state index in [1.807, 2.05) is 13.1 Å². The summed E-state index contributed by atoms with van der Waals surface area (Å²) in [7, 11) is 2.05.